The van der Waals surface area contributed by atoms with Crippen LogP contribution in [0.25, 0.3) is 0 Å². The van der Waals surface area contributed by atoms with Crippen LogP contribution in [0.3, 0.4) is 0 Å². The van der Waals surface area contributed by atoms with Gasteiger partial charge in [0.25, 0.3) is 0 Å². The van der Waals surface area contributed by atoms with Crippen LogP contribution in [-0.2, 0) is 23.1 Å². The van der Waals surface area contributed by atoms with E-state index < -0.39 is 10.0 Å². The van der Waals surface area contributed by atoms with Gasteiger partial charge < -0.3 is 5.32 Å². The summed E-state index contributed by atoms with van der Waals surface area (Å²) >= 11 is 0. The van der Waals surface area contributed by atoms with Gasteiger partial charge in [0.1, 0.15) is 0 Å². The molecule has 4 nitrogen and oxygen atoms in total. The summed E-state index contributed by atoms with van der Waals surface area (Å²) in [4.78, 5) is 0.439. The molecule has 1 heterocycles. The second-order valence-electron chi connectivity index (χ2n) is 6.67. The minimum Gasteiger partial charge on any atom is -0.309 e. The molecule has 1 aliphatic heterocycles. The fourth-order valence-electron chi connectivity index (χ4n) is 3.31. The smallest absolute Gasteiger partial charge is 0.243 e. The predicted octanol–water partition coefficient (Wildman–Crippen LogP) is 3.46. The van der Waals surface area contributed by atoms with Crippen molar-refractivity contribution in [1.82, 2.24) is 9.62 Å². The molecule has 1 N–H and O–H groups in total. The fourth-order valence-corrected chi connectivity index (χ4v) is 5.05. The highest BCUT2D eigenvalue weighted by Gasteiger charge is 2.27. The Morgan fingerprint density at radius 1 is 0.960 bits per heavy atom. The number of piperidine rings is 1. The van der Waals surface area contributed by atoms with Crippen molar-refractivity contribution in [2.45, 2.75) is 44.2 Å². The summed E-state index contributed by atoms with van der Waals surface area (Å²) in [5.41, 5.74) is 3.27. The van der Waals surface area contributed by atoms with Gasteiger partial charge in [-0.3, -0.25) is 0 Å². The minimum absolute atomic E-state index is 0.439. The summed E-state index contributed by atoms with van der Waals surface area (Å²) in [6.07, 6.45) is 3.02. The van der Waals surface area contributed by atoms with Gasteiger partial charge in [0.2, 0.25) is 10.0 Å². The molecule has 3 rings (SSSR count). The first-order valence-electron chi connectivity index (χ1n) is 8.92. The van der Waals surface area contributed by atoms with Gasteiger partial charge in [-0.15, -0.1) is 0 Å². The number of hydrogen-bond donors (Lipinski definition) is 1. The first-order valence-corrected chi connectivity index (χ1v) is 10.4. The van der Waals surface area contributed by atoms with Gasteiger partial charge in [-0.2, -0.15) is 4.31 Å². The lowest BCUT2D eigenvalue weighted by atomic mass is 10.1. The van der Waals surface area contributed by atoms with Crippen molar-refractivity contribution < 1.29 is 8.42 Å². The van der Waals surface area contributed by atoms with Gasteiger partial charge in [-0.25, -0.2) is 8.42 Å². The van der Waals surface area contributed by atoms with Gasteiger partial charge in [0.05, 0.1) is 4.90 Å². The number of hydrogen-bond acceptors (Lipinski definition) is 3. The van der Waals surface area contributed by atoms with Crippen molar-refractivity contribution in [3.63, 3.8) is 0 Å². The average Bonchev–Trinajstić information content (AvgIpc) is 2.63. The first-order chi connectivity index (χ1) is 12.1. The Morgan fingerprint density at radius 3 is 2.48 bits per heavy atom. The van der Waals surface area contributed by atoms with Crippen LogP contribution in [0.4, 0.5) is 0 Å². The number of rotatable bonds is 6. The van der Waals surface area contributed by atoms with E-state index in [-0.39, 0.29) is 0 Å². The van der Waals surface area contributed by atoms with E-state index in [1.807, 2.05) is 18.2 Å². The second-order valence-corrected chi connectivity index (χ2v) is 8.57. The molecule has 0 bridgehead atoms. The van der Waals surface area contributed by atoms with Gasteiger partial charge >= 0.3 is 0 Å². The van der Waals surface area contributed by atoms with Crippen molar-refractivity contribution >= 4 is 10.0 Å². The van der Waals surface area contributed by atoms with E-state index in [0.29, 0.717) is 24.5 Å². The van der Waals surface area contributed by atoms with Crippen LogP contribution in [-0.4, -0.2) is 25.8 Å². The Balaban J connectivity index is 1.72. The van der Waals surface area contributed by atoms with Crippen LogP contribution in [0.1, 0.15) is 36.0 Å². The lowest BCUT2D eigenvalue weighted by molar-refractivity contribution is 0.346. The standard InChI is InChI=1S/C20H26N2O2S/c1-17-8-7-9-18(14-17)15-21-16-19-10-3-4-11-20(19)25(23,24)22-12-5-2-6-13-22/h3-4,7-11,14,21H,2,5-6,12-13,15-16H2,1H3. The van der Waals surface area contributed by atoms with Crippen molar-refractivity contribution in [2.24, 2.45) is 0 Å². The molecule has 1 saturated heterocycles. The zero-order valence-electron chi connectivity index (χ0n) is 14.7. The molecule has 1 aliphatic rings. The molecular formula is C20H26N2O2S. The third-order valence-corrected chi connectivity index (χ3v) is 6.63. The largest absolute Gasteiger partial charge is 0.309 e. The van der Waals surface area contributed by atoms with Crippen LogP contribution in [0.5, 0.6) is 0 Å². The molecule has 5 heteroatoms. The topological polar surface area (TPSA) is 49.4 Å². The zero-order valence-corrected chi connectivity index (χ0v) is 15.6. The molecule has 0 atom stereocenters. The summed E-state index contributed by atoms with van der Waals surface area (Å²) in [6.45, 7) is 4.60. The number of nitrogens with zero attached hydrogens (tertiary/aromatic N) is 1. The zero-order chi connectivity index (χ0) is 17.7. The van der Waals surface area contributed by atoms with Crippen LogP contribution < -0.4 is 5.32 Å². The van der Waals surface area contributed by atoms with E-state index in [0.717, 1.165) is 31.4 Å². The molecule has 0 saturated carbocycles. The van der Waals surface area contributed by atoms with Gasteiger partial charge in [-0.05, 0) is 37.0 Å². The van der Waals surface area contributed by atoms with E-state index in [4.69, 9.17) is 0 Å². The van der Waals surface area contributed by atoms with Crippen LogP contribution in [0.2, 0.25) is 0 Å². The maximum Gasteiger partial charge on any atom is 0.243 e. The van der Waals surface area contributed by atoms with E-state index in [1.54, 1.807) is 16.4 Å². The summed E-state index contributed by atoms with van der Waals surface area (Å²) in [6, 6.07) is 15.7. The van der Waals surface area contributed by atoms with E-state index >= 15 is 0 Å². The maximum atomic E-state index is 13.0. The van der Waals surface area contributed by atoms with E-state index in [9.17, 15) is 8.42 Å². The quantitative estimate of drug-likeness (QED) is 0.860. The SMILES string of the molecule is Cc1cccc(CNCc2ccccc2S(=O)(=O)N2CCCCC2)c1. The molecule has 2 aromatic rings. The summed E-state index contributed by atoms with van der Waals surface area (Å²) in [5.74, 6) is 0. The van der Waals surface area contributed by atoms with Crippen molar-refractivity contribution in [3.05, 3.63) is 65.2 Å². The highest BCUT2D eigenvalue weighted by atomic mass is 32.2. The van der Waals surface area contributed by atoms with Crippen LogP contribution in [0.15, 0.2) is 53.4 Å². The molecule has 0 unspecified atom stereocenters. The molecule has 0 spiro atoms. The van der Waals surface area contributed by atoms with Crippen LogP contribution in [0, 0.1) is 6.92 Å². The normalized spacial score (nSPS) is 16.0. The summed E-state index contributed by atoms with van der Waals surface area (Å²) in [5, 5.41) is 3.38. The lowest BCUT2D eigenvalue weighted by Crippen LogP contribution is -2.36. The minimum atomic E-state index is -3.40. The molecular weight excluding hydrogens is 332 g/mol. The third kappa shape index (κ3) is 4.48. The van der Waals surface area contributed by atoms with Crippen molar-refractivity contribution in [1.29, 1.82) is 0 Å². The number of nitrogens with one attached hydrogen (secondary N) is 1. The Bertz CT molecular complexity index is 812. The third-order valence-electron chi connectivity index (χ3n) is 4.63. The lowest BCUT2D eigenvalue weighted by Gasteiger charge is -2.26. The van der Waals surface area contributed by atoms with Crippen molar-refractivity contribution in [3.8, 4) is 0 Å². The van der Waals surface area contributed by atoms with Gasteiger partial charge in [0, 0.05) is 26.2 Å². The molecule has 25 heavy (non-hydrogen) atoms. The molecule has 0 aromatic heterocycles. The Hall–Kier alpha value is -1.69. The Kier molecular flexibility index (Phi) is 5.89. The van der Waals surface area contributed by atoms with Crippen LogP contribution >= 0.6 is 0 Å². The number of sulfonamides is 1. The van der Waals surface area contributed by atoms with Gasteiger partial charge in [0.15, 0.2) is 0 Å². The Labute approximate surface area is 150 Å². The summed E-state index contributed by atoms with van der Waals surface area (Å²) < 4.78 is 27.6. The highest BCUT2D eigenvalue weighted by molar-refractivity contribution is 7.89. The molecule has 134 valence electrons. The average molecular weight is 359 g/mol. The molecule has 1 fully saturated rings. The monoisotopic (exact) mass is 358 g/mol. The second kappa shape index (κ2) is 8.13. The number of aryl methyl sites for hydroxylation is 1. The molecule has 0 radical (unpaired) electrons. The van der Waals surface area contributed by atoms with E-state index in [2.05, 4.69) is 30.4 Å². The van der Waals surface area contributed by atoms with Gasteiger partial charge in [-0.1, -0.05) is 54.4 Å². The number of benzene rings is 2. The molecule has 2 aromatic carbocycles. The Morgan fingerprint density at radius 2 is 1.72 bits per heavy atom. The molecule has 0 amide bonds. The predicted molar refractivity (Wildman–Crippen MR) is 101 cm³/mol. The molecule has 0 aliphatic carbocycles. The van der Waals surface area contributed by atoms with E-state index in [1.165, 1.54) is 11.1 Å². The highest BCUT2D eigenvalue weighted by Crippen LogP contribution is 2.23. The fraction of sp³-hybridized carbons (Fsp3) is 0.400. The van der Waals surface area contributed by atoms with Crippen molar-refractivity contribution in [2.75, 3.05) is 13.1 Å². The maximum absolute atomic E-state index is 13.0. The summed E-state index contributed by atoms with van der Waals surface area (Å²) in [7, 11) is -3.40. The first kappa shape index (κ1) is 18.1.